The van der Waals surface area contributed by atoms with Crippen molar-refractivity contribution in [2.24, 2.45) is 0 Å². The van der Waals surface area contributed by atoms with Gasteiger partial charge in [0.05, 0.1) is 7.11 Å². The van der Waals surface area contributed by atoms with Crippen LogP contribution in [0.15, 0.2) is 36.7 Å². The summed E-state index contributed by atoms with van der Waals surface area (Å²) in [6, 6.07) is 6.92. The third-order valence-corrected chi connectivity index (χ3v) is 2.85. The number of methoxy groups -OCH3 is 1. The summed E-state index contributed by atoms with van der Waals surface area (Å²) in [7, 11) is 1.46. The van der Waals surface area contributed by atoms with Crippen LogP contribution in [0.4, 0.5) is 4.39 Å². The molecule has 0 unspecified atom stereocenters. The second-order valence-electron chi connectivity index (χ2n) is 4.27. The summed E-state index contributed by atoms with van der Waals surface area (Å²) < 4.78 is 20.2. The standard InChI is InChI=1S/C14H18FN3O/c1-19-14-5-4-12(10-13(14)15)11-16-6-2-8-18-9-3-7-17-18/h3-5,7,9-10,16H,2,6,8,11H2,1H3. The van der Waals surface area contributed by atoms with E-state index in [-0.39, 0.29) is 11.6 Å². The van der Waals surface area contributed by atoms with Crippen LogP contribution in [0.1, 0.15) is 12.0 Å². The Balaban J connectivity index is 1.69. The molecular formula is C14H18FN3O. The molecule has 2 aromatic rings. The fourth-order valence-corrected chi connectivity index (χ4v) is 1.85. The van der Waals surface area contributed by atoms with E-state index in [2.05, 4.69) is 10.4 Å². The van der Waals surface area contributed by atoms with Gasteiger partial charge in [-0.1, -0.05) is 6.07 Å². The van der Waals surface area contributed by atoms with Crippen molar-refractivity contribution in [3.05, 3.63) is 48.0 Å². The molecule has 0 saturated heterocycles. The maximum Gasteiger partial charge on any atom is 0.165 e. The Bertz CT molecular complexity index is 499. The van der Waals surface area contributed by atoms with Crippen molar-refractivity contribution in [3.8, 4) is 5.75 Å². The predicted molar refractivity (Wildman–Crippen MR) is 71.5 cm³/mol. The van der Waals surface area contributed by atoms with Crippen molar-refractivity contribution in [2.75, 3.05) is 13.7 Å². The number of aryl methyl sites for hydroxylation is 1. The summed E-state index contributed by atoms with van der Waals surface area (Å²) in [6.07, 6.45) is 4.70. The first kappa shape index (κ1) is 13.5. The number of hydrogen-bond donors (Lipinski definition) is 1. The molecule has 0 bridgehead atoms. The van der Waals surface area contributed by atoms with E-state index in [0.717, 1.165) is 25.1 Å². The number of halogens is 1. The highest BCUT2D eigenvalue weighted by Crippen LogP contribution is 2.17. The monoisotopic (exact) mass is 263 g/mol. The molecule has 1 aromatic carbocycles. The molecule has 0 spiro atoms. The zero-order chi connectivity index (χ0) is 13.5. The Hall–Kier alpha value is -1.88. The molecule has 0 radical (unpaired) electrons. The highest BCUT2D eigenvalue weighted by atomic mass is 19.1. The van der Waals surface area contributed by atoms with Gasteiger partial charge in [0.1, 0.15) is 0 Å². The summed E-state index contributed by atoms with van der Waals surface area (Å²) in [4.78, 5) is 0. The normalized spacial score (nSPS) is 10.6. The third kappa shape index (κ3) is 4.06. The predicted octanol–water partition coefficient (Wildman–Crippen LogP) is 2.21. The van der Waals surface area contributed by atoms with Crippen LogP contribution in [0.2, 0.25) is 0 Å². The Labute approximate surface area is 112 Å². The van der Waals surface area contributed by atoms with Gasteiger partial charge < -0.3 is 10.1 Å². The minimum atomic E-state index is -0.321. The lowest BCUT2D eigenvalue weighted by atomic mass is 10.2. The molecular weight excluding hydrogens is 245 g/mol. The molecule has 0 atom stereocenters. The Kier molecular flexibility index (Phi) is 4.92. The van der Waals surface area contributed by atoms with Crippen LogP contribution in [0.25, 0.3) is 0 Å². The van der Waals surface area contributed by atoms with Crippen LogP contribution in [-0.2, 0) is 13.1 Å². The van der Waals surface area contributed by atoms with Crippen LogP contribution in [-0.4, -0.2) is 23.4 Å². The summed E-state index contributed by atoms with van der Waals surface area (Å²) in [5.41, 5.74) is 0.914. The minimum Gasteiger partial charge on any atom is -0.494 e. The Morgan fingerprint density at radius 2 is 2.32 bits per heavy atom. The number of nitrogens with one attached hydrogen (secondary N) is 1. The van der Waals surface area contributed by atoms with Crippen molar-refractivity contribution < 1.29 is 9.13 Å². The van der Waals surface area contributed by atoms with Crippen LogP contribution in [0, 0.1) is 5.82 Å². The highest BCUT2D eigenvalue weighted by molar-refractivity contribution is 5.29. The average molecular weight is 263 g/mol. The second kappa shape index (κ2) is 6.89. The Morgan fingerprint density at radius 1 is 1.42 bits per heavy atom. The fraction of sp³-hybridized carbons (Fsp3) is 0.357. The average Bonchev–Trinajstić information content (AvgIpc) is 2.92. The molecule has 0 fully saturated rings. The molecule has 0 aliphatic rings. The van der Waals surface area contributed by atoms with Gasteiger partial charge >= 0.3 is 0 Å². The first-order chi connectivity index (χ1) is 9.29. The molecule has 1 aromatic heterocycles. The quantitative estimate of drug-likeness (QED) is 0.778. The summed E-state index contributed by atoms with van der Waals surface area (Å²) >= 11 is 0. The number of nitrogens with zero attached hydrogens (tertiary/aromatic N) is 2. The van der Waals surface area contributed by atoms with E-state index < -0.39 is 0 Å². The molecule has 1 N–H and O–H groups in total. The molecule has 19 heavy (non-hydrogen) atoms. The molecule has 2 rings (SSSR count). The van der Waals surface area contributed by atoms with Gasteiger partial charge in [0, 0.05) is 25.5 Å². The van der Waals surface area contributed by atoms with E-state index in [0.29, 0.717) is 6.54 Å². The SMILES string of the molecule is COc1ccc(CNCCCn2cccn2)cc1F. The Morgan fingerprint density at radius 3 is 3.00 bits per heavy atom. The van der Waals surface area contributed by atoms with E-state index in [4.69, 9.17) is 4.74 Å². The maximum absolute atomic E-state index is 13.4. The van der Waals surface area contributed by atoms with Gasteiger partial charge in [-0.05, 0) is 36.7 Å². The lowest BCUT2D eigenvalue weighted by molar-refractivity contribution is 0.386. The van der Waals surface area contributed by atoms with Crippen molar-refractivity contribution in [1.29, 1.82) is 0 Å². The van der Waals surface area contributed by atoms with Crippen LogP contribution in [0.5, 0.6) is 5.75 Å². The number of ether oxygens (including phenoxy) is 1. The fourth-order valence-electron chi connectivity index (χ4n) is 1.85. The number of rotatable bonds is 7. The highest BCUT2D eigenvalue weighted by Gasteiger charge is 2.02. The molecule has 0 amide bonds. The molecule has 5 heteroatoms. The topological polar surface area (TPSA) is 39.1 Å². The number of hydrogen-bond acceptors (Lipinski definition) is 3. The molecule has 0 aliphatic carbocycles. The zero-order valence-corrected chi connectivity index (χ0v) is 11.0. The van der Waals surface area contributed by atoms with Crippen LogP contribution < -0.4 is 10.1 Å². The van der Waals surface area contributed by atoms with Gasteiger partial charge in [0.15, 0.2) is 11.6 Å². The molecule has 4 nitrogen and oxygen atoms in total. The van der Waals surface area contributed by atoms with Gasteiger partial charge in [-0.2, -0.15) is 5.10 Å². The van der Waals surface area contributed by atoms with Gasteiger partial charge in [0.25, 0.3) is 0 Å². The largest absolute Gasteiger partial charge is 0.494 e. The van der Waals surface area contributed by atoms with Crippen LogP contribution in [0.3, 0.4) is 0 Å². The van der Waals surface area contributed by atoms with E-state index in [1.807, 2.05) is 23.0 Å². The second-order valence-corrected chi connectivity index (χ2v) is 4.27. The number of benzene rings is 1. The van der Waals surface area contributed by atoms with Crippen molar-refractivity contribution in [1.82, 2.24) is 15.1 Å². The molecule has 1 heterocycles. The van der Waals surface area contributed by atoms with Gasteiger partial charge in [0.2, 0.25) is 0 Å². The van der Waals surface area contributed by atoms with Crippen molar-refractivity contribution >= 4 is 0 Å². The maximum atomic E-state index is 13.4. The van der Waals surface area contributed by atoms with Crippen molar-refractivity contribution in [2.45, 2.75) is 19.5 Å². The summed E-state index contributed by atoms with van der Waals surface area (Å²) in [5, 5.41) is 7.41. The van der Waals surface area contributed by atoms with Gasteiger partial charge in [-0.25, -0.2) is 4.39 Å². The smallest absolute Gasteiger partial charge is 0.165 e. The number of aromatic nitrogens is 2. The van der Waals surface area contributed by atoms with Crippen molar-refractivity contribution in [3.63, 3.8) is 0 Å². The van der Waals surface area contributed by atoms with Crippen LogP contribution >= 0.6 is 0 Å². The summed E-state index contributed by atoms with van der Waals surface area (Å²) in [6.45, 7) is 2.41. The lowest BCUT2D eigenvalue weighted by Gasteiger charge is -2.07. The van der Waals surface area contributed by atoms with Gasteiger partial charge in [-0.15, -0.1) is 0 Å². The molecule has 102 valence electrons. The lowest BCUT2D eigenvalue weighted by Crippen LogP contribution is -2.16. The van der Waals surface area contributed by atoms with E-state index in [9.17, 15) is 4.39 Å². The van der Waals surface area contributed by atoms with Gasteiger partial charge in [-0.3, -0.25) is 4.68 Å². The minimum absolute atomic E-state index is 0.280. The first-order valence-corrected chi connectivity index (χ1v) is 6.30. The van der Waals surface area contributed by atoms with E-state index >= 15 is 0 Å². The van der Waals surface area contributed by atoms with E-state index in [1.165, 1.54) is 13.2 Å². The molecule has 0 aliphatic heterocycles. The zero-order valence-electron chi connectivity index (χ0n) is 11.0. The summed E-state index contributed by atoms with van der Waals surface area (Å²) in [5.74, 6) is -0.0410. The van der Waals surface area contributed by atoms with E-state index in [1.54, 1.807) is 12.3 Å². The first-order valence-electron chi connectivity index (χ1n) is 6.30. The molecule has 0 saturated carbocycles. The third-order valence-electron chi connectivity index (χ3n) is 2.85.